The van der Waals surface area contributed by atoms with E-state index in [-0.39, 0.29) is 10.8 Å². The smallest absolute Gasteiger partial charge is 0.218 e. The van der Waals surface area contributed by atoms with Gasteiger partial charge in [0, 0.05) is 18.0 Å². The molecule has 0 aliphatic heterocycles. The quantitative estimate of drug-likeness (QED) is 0.919. The van der Waals surface area contributed by atoms with Crippen LogP contribution in [0.25, 0.3) is 11.1 Å². The second kappa shape index (κ2) is 4.59. The third kappa shape index (κ3) is 2.63. The van der Waals surface area contributed by atoms with Gasteiger partial charge in [0.05, 0.1) is 9.92 Å². The summed E-state index contributed by atoms with van der Waals surface area (Å²) in [6.07, 6.45) is 2.48. The van der Waals surface area contributed by atoms with E-state index in [2.05, 4.69) is 4.98 Å². The molecule has 0 saturated heterocycles. The van der Waals surface area contributed by atoms with Gasteiger partial charge in [-0.2, -0.15) is 0 Å². The summed E-state index contributed by atoms with van der Waals surface area (Å²) in [4.78, 5) is 3.95. The van der Waals surface area contributed by atoms with Gasteiger partial charge in [0.2, 0.25) is 5.88 Å². The minimum atomic E-state index is -3.22. The maximum absolute atomic E-state index is 11.3. The zero-order valence-electron chi connectivity index (χ0n) is 9.46. The van der Waals surface area contributed by atoms with E-state index in [0.29, 0.717) is 16.1 Å². The van der Waals surface area contributed by atoms with Crippen LogP contribution in [0.1, 0.15) is 0 Å². The van der Waals surface area contributed by atoms with E-state index in [1.807, 2.05) is 0 Å². The van der Waals surface area contributed by atoms with Gasteiger partial charge in [-0.25, -0.2) is 13.4 Å². The molecule has 18 heavy (non-hydrogen) atoms. The lowest BCUT2D eigenvalue weighted by Crippen LogP contribution is -1.96. The molecule has 2 rings (SSSR count). The molecule has 0 fully saturated rings. The lowest BCUT2D eigenvalue weighted by Gasteiger charge is -2.05. The number of pyridine rings is 1. The third-order valence-corrected chi connectivity index (χ3v) is 3.76. The van der Waals surface area contributed by atoms with Crippen LogP contribution in [0.4, 0.5) is 0 Å². The van der Waals surface area contributed by atoms with Crippen molar-refractivity contribution < 1.29 is 13.5 Å². The Hall–Kier alpha value is -1.59. The summed E-state index contributed by atoms with van der Waals surface area (Å²) in [5.74, 6) is -0.147. The molecule has 0 aliphatic rings. The molecule has 1 aromatic heterocycles. The average Bonchev–Trinajstić information content (AvgIpc) is 2.31. The van der Waals surface area contributed by atoms with Gasteiger partial charge in [-0.3, -0.25) is 0 Å². The van der Waals surface area contributed by atoms with E-state index in [0.717, 1.165) is 6.26 Å². The normalized spacial score (nSPS) is 11.4. The SMILES string of the molecule is CS(=O)(=O)c1ccc(-c2cc(Cl)cnc2O)cc1. The second-order valence-corrected chi connectivity index (χ2v) is 6.27. The lowest BCUT2D eigenvalue weighted by atomic mass is 10.1. The first-order valence-corrected chi connectivity index (χ1v) is 7.30. The molecule has 0 spiro atoms. The van der Waals surface area contributed by atoms with Gasteiger partial charge in [0.15, 0.2) is 9.84 Å². The van der Waals surface area contributed by atoms with Crippen molar-refractivity contribution in [3.8, 4) is 17.0 Å². The maximum atomic E-state index is 11.3. The van der Waals surface area contributed by atoms with Crippen LogP contribution in [0.15, 0.2) is 41.4 Å². The van der Waals surface area contributed by atoms with Crippen molar-refractivity contribution in [2.24, 2.45) is 0 Å². The van der Waals surface area contributed by atoms with Crippen LogP contribution in [-0.4, -0.2) is 24.8 Å². The van der Waals surface area contributed by atoms with Crippen LogP contribution >= 0.6 is 11.6 Å². The summed E-state index contributed by atoms with van der Waals surface area (Å²) in [5.41, 5.74) is 1.11. The maximum Gasteiger partial charge on any atom is 0.218 e. The summed E-state index contributed by atoms with van der Waals surface area (Å²) < 4.78 is 22.6. The van der Waals surface area contributed by atoms with Gasteiger partial charge in [0.1, 0.15) is 0 Å². The van der Waals surface area contributed by atoms with Crippen molar-refractivity contribution in [1.29, 1.82) is 0 Å². The highest BCUT2D eigenvalue weighted by Crippen LogP contribution is 2.30. The van der Waals surface area contributed by atoms with Crippen LogP contribution in [0.3, 0.4) is 0 Å². The Morgan fingerprint density at radius 2 is 1.83 bits per heavy atom. The van der Waals surface area contributed by atoms with Gasteiger partial charge in [-0.1, -0.05) is 23.7 Å². The Morgan fingerprint density at radius 3 is 2.39 bits per heavy atom. The zero-order valence-corrected chi connectivity index (χ0v) is 11.0. The van der Waals surface area contributed by atoms with Crippen molar-refractivity contribution in [1.82, 2.24) is 4.98 Å². The third-order valence-electron chi connectivity index (χ3n) is 2.43. The molecule has 1 aromatic carbocycles. The minimum absolute atomic E-state index is 0.147. The lowest BCUT2D eigenvalue weighted by molar-refractivity contribution is 0.455. The Morgan fingerprint density at radius 1 is 1.22 bits per heavy atom. The van der Waals surface area contributed by atoms with Gasteiger partial charge in [-0.15, -0.1) is 0 Å². The van der Waals surface area contributed by atoms with Crippen molar-refractivity contribution in [2.75, 3.05) is 6.26 Å². The summed E-state index contributed by atoms with van der Waals surface area (Å²) in [6.45, 7) is 0. The molecule has 0 bridgehead atoms. The fourth-order valence-corrected chi connectivity index (χ4v) is 2.31. The van der Waals surface area contributed by atoms with E-state index >= 15 is 0 Å². The first-order valence-electron chi connectivity index (χ1n) is 5.03. The molecule has 94 valence electrons. The van der Waals surface area contributed by atoms with Gasteiger partial charge < -0.3 is 5.11 Å². The molecule has 0 atom stereocenters. The molecule has 2 aromatic rings. The van der Waals surface area contributed by atoms with E-state index < -0.39 is 9.84 Å². The molecule has 0 amide bonds. The average molecular weight is 284 g/mol. The minimum Gasteiger partial charge on any atom is -0.493 e. The van der Waals surface area contributed by atoms with Crippen molar-refractivity contribution in [2.45, 2.75) is 4.90 Å². The summed E-state index contributed by atoms with van der Waals surface area (Å²) >= 11 is 5.80. The Bertz CT molecular complexity index is 681. The molecule has 1 N–H and O–H groups in total. The second-order valence-electron chi connectivity index (χ2n) is 3.82. The van der Waals surface area contributed by atoms with Gasteiger partial charge in [-0.05, 0) is 23.8 Å². The number of rotatable bonds is 2. The summed E-state index contributed by atoms with van der Waals surface area (Å²) in [7, 11) is -3.22. The molecule has 4 nitrogen and oxygen atoms in total. The van der Waals surface area contributed by atoms with Crippen molar-refractivity contribution in [3.05, 3.63) is 41.6 Å². The highest BCUT2D eigenvalue weighted by molar-refractivity contribution is 7.90. The molecule has 6 heteroatoms. The van der Waals surface area contributed by atoms with E-state index in [1.165, 1.54) is 18.3 Å². The fraction of sp³-hybridized carbons (Fsp3) is 0.0833. The van der Waals surface area contributed by atoms with E-state index in [4.69, 9.17) is 11.6 Å². The topological polar surface area (TPSA) is 67.3 Å². The molecule has 1 heterocycles. The molecular formula is C12H10ClNO3S. The predicted octanol–water partition coefficient (Wildman–Crippen LogP) is 2.51. The first kappa shape index (κ1) is 12.9. The molecule has 0 aliphatic carbocycles. The number of aromatic nitrogens is 1. The monoisotopic (exact) mass is 283 g/mol. The number of halogens is 1. The highest BCUT2D eigenvalue weighted by Gasteiger charge is 2.10. The highest BCUT2D eigenvalue weighted by atomic mass is 35.5. The number of sulfone groups is 1. The number of benzene rings is 1. The van der Waals surface area contributed by atoms with Crippen LogP contribution in [0.5, 0.6) is 5.88 Å². The van der Waals surface area contributed by atoms with Crippen molar-refractivity contribution in [3.63, 3.8) is 0 Å². The van der Waals surface area contributed by atoms with Crippen LogP contribution in [0, 0.1) is 0 Å². The Labute approximate surface area is 110 Å². The fourth-order valence-electron chi connectivity index (χ4n) is 1.53. The number of aromatic hydroxyl groups is 1. The van der Waals surface area contributed by atoms with E-state index in [1.54, 1.807) is 18.2 Å². The molecular weight excluding hydrogens is 274 g/mol. The summed E-state index contributed by atoms with van der Waals surface area (Å²) in [5, 5.41) is 10.0. The number of nitrogens with zero attached hydrogens (tertiary/aromatic N) is 1. The van der Waals surface area contributed by atoms with Crippen molar-refractivity contribution >= 4 is 21.4 Å². The zero-order chi connectivity index (χ0) is 13.3. The number of hydrogen-bond donors (Lipinski definition) is 1. The standard InChI is InChI=1S/C12H10ClNO3S/c1-18(16,17)10-4-2-8(3-5-10)11-6-9(13)7-14-12(11)15/h2-7H,1H3,(H,14,15). The van der Waals surface area contributed by atoms with Gasteiger partial charge >= 0.3 is 0 Å². The summed E-state index contributed by atoms with van der Waals surface area (Å²) in [6, 6.07) is 7.72. The Balaban J connectivity index is 2.50. The van der Waals surface area contributed by atoms with Crippen LogP contribution in [0.2, 0.25) is 5.02 Å². The van der Waals surface area contributed by atoms with Gasteiger partial charge in [0.25, 0.3) is 0 Å². The van der Waals surface area contributed by atoms with E-state index in [9.17, 15) is 13.5 Å². The largest absolute Gasteiger partial charge is 0.493 e. The van der Waals surface area contributed by atoms with Crippen LogP contribution < -0.4 is 0 Å². The molecule has 0 unspecified atom stereocenters. The Kier molecular flexibility index (Phi) is 3.28. The molecule has 0 saturated carbocycles. The molecule has 0 radical (unpaired) electrons. The van der Waals surface area contributed by atoms with Crippen LogP contribution in [-0.2, 0) is 9.84 Å². The predicted molar refractivity (Wildman–Crippen MR) is 69.5 cm³/mol. The number of hydrogen-bond acceptors (Lipinski definition) is 4. The first-order chi connectivity index (χ1) is 8.38.